The van der Waals surface area contributed by atoms with Crippen molar-refractivity contribution in [3.05, 3.63) is 48.8 Å². The van der Waals surface area contributed by atoms with Gasteiger partial charge in [0.25, 0.3) is 0 Å². The van der Waals surface area contributed by atoms with Gasteiger partial charge in [0.05, 0.1) is 6.54 Å². The number of amides is 2. The normalized spacial score (nSPS) is 10.9. The van der Waals surface area contributed by atoms with Gasteiger partial charge in [-0.05, 0) is 12.1 Å². The van der Waals surface area contributed by atoms with Crippen molar-refractivity contribution in [2.75, 3.05) is 5.32 Å². The number of carbonyl (C=O) groups is 1. The molecule has 10 heteroatoms. The summed E-state index contributed by atoms with van der Waals surface area (Å²) in [6.45, 7) is -2.82. The van der Waals surface area contributed by atoms with E-state index in [1.54, 1.807) is 36.3 Å². The van der Waals surface area contributed by atoms with Gasteiger partial charge < -0.3 is 10.6 Å². The number of rotatable bonds is 5. The van der Waals surface area contributed by atoms with Gasteiger partial charge in [0.15, 0.2) is 5.82 Å². The second kappa shape index (κ2) is 7.07. The van der Waals surface area contributed by atoms with Crippen molar-refractivity contribution in [1.29, 1.82) is 0 Å². The molecule has 0 saturated heterocycles. The molecule has 3 aromatic rings. The molecule has 0 radical (unpaired) electrons. The Morgan fingerprint density at radius 1 is 1.32 bits per heavy atom. The Kier molecular flexibility index (Phi) is 4.68. The third kappa shape index (κ3) is 3.97. The molecule has 2 amide bonds. The zero-order valence-corrected chi connectivity index (χ0v) is 13.2. The molecule has 0 atom stereocenters. The van der Waals surface area contributed by atoms with Crippen LogP contribution in [0.25, 0.3) is 11.4 Å². The highest BCUT2D eigenvalue weighted by Gasteiger charge is 2.12. The standard InChI is InChI=1S/C15H15F2N7O/c1-23-9-20-13(22-23)10-3-2-4-11(7-10)21-15(25)19-8-12-18-5-6-24(12)14(16)17/h2-7,9,14H,8H2,1H3,(H2,19,21,25). The van der Waals surface area contributed by atoms with Crippen molar-refractivity contribution in [2.24, 2.45) is 7.05 Å². The number of carbonyl (C=O) groups excluding carboxylic acids is 1. The Morgan fingerprint density at radius 2 is 2.16 bits per heavy atom. The van der Waals surface area contributed by atoms with E-state index < -0.39 is 12.6 Å². The number of urea groups is 1. The second-order valence-electron chi connectivity index (χ2n) is 5.16. The van der Waals surface area contributed by atoms with E-state index >= 15 is 0 Å². The van der Waals surface area contributed by atoms with Crippen LogP contribution < -0.4 is 10.6 Å². The number of hydrogen-bond donors (Lipinski definition) is 2. The summed E-state index contributed by atoms with van der Waals surface area (Å²) in [4.78, 5) is 19.9. The minimum Gasteiger partial charge on any atom is -0.331 e. The highest BCUT2D eigenvalue weighted by atomic mass is 19.3. The first-order valence-corrected chi connectivity index (χ1v) is 7.34. The number of aromatic nitrogens is 5. The zero-order valence-electron chi connectivity index (χ0n) is 13.2. The summed E-state index contributed by atoms with van der Waals surface area (Å²) in [6.07, 6.45) is 3.99. The molecule has 130 valence electrons. The lowest BCUT2D eigenvalue weighted by Crippen LogP contribution is -2.29. The van der Waals surface area contributed by atoms with Gasteiger partial charge in [-0.2, -0.15) is 13.9 Å². The molecule has 0 fully saturated rings. The van der Waals surface area contributed by atoms with Gasteiger partial charge in [-0.1, -0.05) is 12.1 Å². The maximum Gasteiger partial charge on any atom is 0.319 e. The predicted octanol–water partition coefficient (Wildman–Crippen LogP) is 2.40. The number of halogens is 2. The molecule has 0 spiro atoms. The summed E-state index contributed by atoms with van der Waals surface area (Å²) in [6, 6.07) is 6.46. The van der Waals surface area contributed by atoms with E-state index in [-0.39, 0.29) is 12.4 Å². The summed E-state index contributed by atoms with van der Waals surface area (Å²) >= 11 is 0. The Labute approximate surface area is 141 Å². The lowest BCUT2D eigenvalue weighted by Gasteiger charge is -2.09. The smallest absolute Gasteiger partial charge is 0.319 e. The van der Waals surface area contributed by atoms with Crippen molar-refractivity contribution >= 4 is 11.7 Å². The molecule has 1 aromatic carbocycles. The Hall–Kier alpha value is -3.30. The Bertz CT molecular complexity index is 874. The molecule has 0 aliphatic rings. The van der Waals surface area contributed by atoms with Crippen LogP contribution >= 0.6 is 0 Å². The van der Waals surface area contributed by atoms with E-state index in [9.17, 15) is 13.6 Å². The molecule has 2 aromatic heterocycles. The molecule has 2 heterocycles. The Morgan fingerprint density at radius 3 is 2.88 bits per heavy atom. The average molecular weight is 347 g/mol. The van der Waals surface area contributed by atoms with Crippen LogP contribution in [-0.2, 0) is 13.6 Å². The summed E-state index contributed by atoms with van der Waals surface area (Å²) in [5.74, 6) is 0.599. The van der Waals surface area contributed by atoms with Crippen LogP contribution in [0.3, 0.4) is 0 Å². The first-order valence-electron chi connectivity index (χ1n) is 7.34. The zero-order chi connectivity index (χ0) is 17.8. The molecule has 0 unspecified atom stereocenters. The largest absolute Gasteiger partial charge is 0.331 e. The Balaban J connectivity index is 1.62. The minimum atomic E-state index is -2.70. The predicted molar refractivity (Wildman–Crippen MR) is 85.8 cm³/mol. The monoisotopic (exact) mass is 347 g/mol. The van der Waals surface area contributed by atoms with Crippen molar-refractivity contribution in [3.8, 4) is 11.4 Å². The van der Waals surface area contributed by atoms with Crippen LogP contribution in [0, 0.1) is 0 Å². The summed E-state index contributed by atoms with van der Waals surface area (Å²) in [7, 11) is 1.76. The van der Waals surface area contributed by atoms with Gasteiger partial charge in [0.1, 0.15) is 12.2 Å². The molecule has 3 rings (SSSR count). The number of anilines is 1. The number of hydrogen-bond acceptors (Lipinski definition) is 4. The number of benzene rings is 1. The van der Waals surface area contributed by atoms with Gasteiger partial charge in [0, 0.05) is 30.7 Å². The van der Waals surface area contributed by atoms with Crippen LogP contribution in [0.5, 0.6) is 0 Å². The van der Waals surface area contributed by atoms with Gasteiger partial charge in [-0.15, -0.1) is 0 Å². The highest BCUT2D eigenvalue weighted by Crippen LogP contribution is 2.19. The highest BCUT2D eigenvalue weighted by molar-refractivity contribution is 5.89. The summed E-state index contributed by atoms with van der Waals surface area (Å²) in [5, 5.41) is 9.32. The molecule has 0 bridgehead atoms. The first-order chi connectivity index (χ1) is 12.0. The average Bonchev–Trinajstić information content (AvgIpc) is 3.22. The summed E-state index contributed by atoms with van der Waals surface area (Å²) in [5.41, 5.74) is 1.27. The SMILES string of the molecule is Cn1cnc(-c2cccc(NC(=O)NCc3nccn3C(F)F)c2)n1. The third-order valence-corrected chi connectivity index (χ3v) is 3.34. The van der Waals surface area contributed by atoms with Gasteiger partial charge >= 0.3 is 12.6 Å². The van der Waals surface area contributed by atoms with E-state index in [1.807, 2.05) is 6.07 Å². The number of nitrogens with zero attached hydrogens (tertiary/aromatic N) is 5. The fourth-order valence-corrected chi connectivity index (χ4v) is 2.20. The number of aryl methyl sites for hydroxylation is 1. The minimum absolute atomic E-state index is 0.0663. The molecule has 0 saturated carbocycles. The van der Waals surface area contributed by atoms with Gasteiger partial charge in [-0.25, -0.2) is 14.8 Å². The van der Waals surface area contributed by atoms with E-state index in [0.717, 1.165) is 11.8 Å². The number of imidazole rings is 1. The van der Waals surface area contributed by atoms with Gasteiger partial charge in [-0.3, -0.25) is 9.25 Å². The number of alkyl halides is 2. The van der Waals surface area contributed by atoms with Crippen LogP contribution in [0.1, 0.15) is 12.4 Å². The van der Waals surface area contributed by atoms with Crippen molar-refractivity contribution in [1.82, 2.24) is 29.6 Å². The quantitative estimate of drug-likeness (QED) is 0.742. The lowest BCUT2D eigenvalue weighted by atomic mass is 10.2. The molecule has 0 aliphatic heterocycles. The molecule has 25 heavy (non-hydrogen) atoms. The van der Waals surface area contributed by atoms with Crippen LogP contribution in [0.2, 0.25) is 0 Å². The van der Waals surface area contributed by atoms with E-state index in [2.05, 4.69) is 25.7 Å². The van der Waals surface area contributed by atoms with E-state index in [1.165, 1.54) is 6.20 Å². The maximum absolute atomic E-state index is 12.7. The second-order valence-corrected chi connectivity index (χ2v) is 5.16. The number of nitrogens with one attached hydrogen (secondary N) is 2. The fraction of sp³-hybridized carbons (Fsp3) is 0.200. The topological polar surface area (TPSA) is 89.7 Å². The van der Waals surface area contributed by atoms with Crippen LogP contribution in [0.15, 0.2) is 43.0 Å². The molecular weight excluding hydrogens is 332 g/mol. The molecule has 0 aliphatic carbocycles. The van der Waals surface area contributed by atoms with Crippen molar-refractivity contribution < 1.29 is 13.6 Å². The molecular formula is C15H15F2N7O. The maximum atomic E-state index is 12.7. The van der Waals surface area contributed by atoms with Crippen molar-refractivity contribution in [3.63, 3.8) is 0 Å². The van der Waals surface area contributed by atoms with E-state index in [4.69, 9.17) is 0 Å². The first kappa shape index (κ1) is 16.6. The van der Waals surface area contributed by atoms with E-state index in [0.29, 0.717) is 16.1 Å². The van der Waals surface area contributed by atoms with Crippen LogP contribution in [-0.4, -0.2) is 30.3 Å². The van der Waals surface area contributed by atoms with Gasteiger partial charge in [0.2, 0.25) is 0 Å². The third-order valence-electron chi connectivity index (χ3n) is 3.34. The fourth-order valence-electron chi connectivity index (χ4n) is 2.20. The lowest BCUT2D eigenvalue weighted by molar-refractivity contribution is 0.0667. The molecule has 8 nitrogen and oxygen atoms in total. The van der Waals surface area contributed by atoms with Crippen LogP contribution in [0.4, 0.5) is 19.3 Å². The summed E-state index contributed by atoms with van der Waals surface area (Å²) < 4.78 is 27.7. The molecule has 2 N–H and O–H groups in total. The van der Waals surface area contributed by atoms with Crippen molar-refractivity contribution in [2.45, 2.75) is 13.1 Å².